The molecule has 334 valence electrons. The maximum absolute atomic E-state index is 16.7. The van der Waals surface area contributed by atoms with Crippen LogP contribution in [-0.2, 0) is 37.1 Å². The number of allylic oxidation sites excluding steroid dienone is 1. The van der Waals surface area contributed by atoms with Gasteiger partial charge in [-0.05, 0) is 73.0 Å². The van der Waals surface area contributed by atoms with Crippen molar-refractivity contribution < 1.29 is 51.4 Å². The fourth-order valence-corrected chi connectivity index (χ4v) is 20.1. The maximum atomic E-state index is 16.7. The van der Waals surface area contributed by atoms with Gasteiger partial charge in [-0.25, -0.2) is 4.79 Å². The summed E-state index contributed by atoms with van der Waals surface area (Å²) in [5, 5.41) is 14.2. The summed E-state index contributed by atoms with van der Waals surface area (Å²) in [6, 6.07) is 9.04. The molecule has 0 radical (unpaired) electrons. The first kappa shape index (κ1) is 48.0. The normalized spacial score (nSPS) is 33.2. The molecular weight excluding hydrogens is 801 g/mol. The highest BCUT2D eigenvalue weighted by Crippen LogP contribution is 2.66. The molecule has 1 aliphatic heterocycles. The number of carbonyl (C=O) groups excluding carboxylic acids is 3. The van der Waals surface area contributed by atoms with Gasteiger partial charge in [0.05, 0.1) is 42.0 Å². The van der Waals surface area contributed by atoms with E-state index in [0.29, 0.717) is 5.57 Å². The summed E-state index contributed by atoms with van der Waals surface area (Å²) in [6.45, 7) is 28.7. The standard InChI is InChI=1S/C45H76O11Si3/c1-15-57(16-2,17-3)54-33-27-45(49)40(52-41(48)32-24-25-50-28-32)38-43(14,39(47)37(36(30(33)10)42(45,12)13)56-59(21-7,22-8)23-9)34(55-58(18-4,19-5)20-6)26-35-44(38,29-51-35)53-31(11)46/h24-25,28,30,33-35,38,40,49H,15-23,26-27,29H2,1-14H3/t30?,33-,34-,35+,38-,40-,43+,44-,45+/m0/s1. The highest BCUT2D eigenvalue weighted by Gasteiger charge is 2.78. The molecule has 0 spiro atoms. The van der Waals surface area contributed by atoms with Crippen LogP contribution in [0.3, 0.4) is 0 Å². The zero-order chi connectivity index (χ0) is 44.0. The highest BCUT2D eigenvalue weighted by atomic mass is 28.4. The molecule has 14 heteroatoms. The third kappa shape index (κ3) is 7.64. The van der Waals surface area contributed by atoms with Gasteiger partial charge >= 0.3 is 11.9 Å². The van der Waals surface area contributed by atoms with Gasteiger partial charge < -0.3 is 37.0 Å². The Morgan fingerprint density at radius 2 is 1.39 bits per heavy atom. The quantitative estimate of drug-likeness (QED) is 0.111. The number of hydrogen-bond acceptors (Lipinski definition) is 11. The van der Waals surface area contributed by atoms with Crippen molar-refractivity contribution in [1.82, 2.24) is 0 Å². The first-order chi connectivity index (χ1) is 27.7. The van der Waals surface area contributed by atoms with Crippen LogP contribution in [0.2, 0.25) is 54.4 Å². The molecule has 1 N–H and O–H groups in total. The van der Waals surface area contributed by atoms with Gasteiger partial charge in [-0.1, -0.05) is 83.1 Å². The van der Waals surface area contributed by atoms with Gasteiger partial charge in [-0.3, -0.25) is 9.59 Å². The van der Waals surface area contributed by atoms with E-state index in [1.165, 1.54) is 25.5 Å². The van der Waals surface area contributed by atoms with Crippen LogP contribution < -0.4 is 0 Å². The van der Waals surface area contributed by atoms with E-state index >= 15 is 4.79 Å². The van der Waals surface area contributed by atoms with Crippen LogP contribution >= 0.6 is 0 Å². The van der Waals surface area contributed by atoms with Crippen LogP contribution in [0.15, 0.2) is 34.3 Å². The maximum Gasteiger partial charge on any atom is 0.341 e. The fraction of sp³-hybridized carbons (Fsp3) is 0.800. The largest absolute Gasteiger partial charge is 0.541 e. The number of fused-ring (bicyclic) bond motifs is 5. The molecule has 2 heterocycles. The summed E-state index contributed by atoms with van der Waals surface area (Å²) in [5.74, 6) is -2.67. The van der Waals surface area contributed by atoms with Gasteiger partial charge in [0, 0.05) is 31.1 Å². The van der Waals surface area contributed by atoms with Gasteiger partial charge in [0.15, 0.2) is 22.2 Å². The number of rotatable bonds is 18. The monoisotopic (exact) mass is 876 g/mol. The Balaban J connectivity index is 1.97. The SMILES string of the molecule is CC[Si](CC)(CC)OC1=C2C(C)[C@@H](O[Si](CC)(CC)CC)C[C@@](O)([C@@H](OC(=O)c3ccoc3)[C@@H]3[C@]4(OC(C)=O)CO[C@@H]4C[C@H](O[Si](CC)(CC)CC)[C@@]3(C)C1=O)C2(C)C. The lowest BCUT2D eigenvalue weighted by Crippen LogP contribution is -2.81. The molecule has 2 saturated carbocycles. The molecule has 4 aliphatic rings. The predicted molar refractivity (Wildman–Crippen MR) is 235 cm³/mol. The first-order valence-corrected chi connectivity index (χ1v) is 30.4. The lowest BCUT2D eigenvalue weighted by molar-refractivity contribution is -0.344. The number of hydrogen-bond donors (Lipinski definition) is 1. The van der Waals surface area contributed by atoms with Crippen LogP contribution in [-0.4, -0.2) is 90.0 Å². The molecular formula is C45H76O11Si3. The van der Waals surface area contributed by atoms with Crippen molar-refractivity contribution in [2.75, 3.05) is 6.61 Å². The van der Waals surface area contributed by atoms with Crippen molar-refractivity contribution in [3.8, 4) is 0 Å². The highest BCUT2D eigenvalue weighted by molar-refractivity contribution is 6.74. The Morgan fingerprint density at radius 3 is 1.85 bits per heavy atom. The summed E-state index contributed by atoms with van der Waals surface area (Å²) in [7, 11) is -7.39. The van der Waals surface area contributed by atoms with E-state index in [0.717, 1.165) is 54.4 Å². The van der Waals surface area contributed by atoms with Gasteiger partial charge in [-0.15, -0.1) is 0 Å². The first-order valence-electron chi connectivity index (χ1n) is 22.8. The lowest BCUT2D eigenvalue weighted by atomic mass is 9.45. The summed E-state index contributed by atoms with van der Waals surface area (Å²) >= 11 is 0. The summed E-state index contributed by atoms with van der Waals surface area (Å²) in [5.41, 5.74) is -5.17. The van der Waals surface area contributed by atoms with Crippen LogP contribution in [0.1, 0.15) is 120 Å². The molecule has 1 aromatic rings. The zero-order valence-corrected chi connectivity index (χ0v) is 41.7. The third-order valence-corrected chi connectivity index (χ3v) is 30.4. The molecule has 0 aromatic carbocycles. The fourth-order valence-electron chi connectivity index (χ4n) is 11.6. The molecule has 59 heavy (non-hydrogen) atoms. The number of esters is 2. The molecule has 0 amide bonds. The van der Waals surface area contributed by atoms with E-state index in [1.54, 1.807) is 0 Å². The number of ether oxygens (including phenoxy) is 3. The molecule has 5 rings (SSSR count). The summed E-state index contributed by atoms with van der Waals surface area (Å²) in [4.78, 5) is 44.6. The van der Waals surface area contributed by atoms with Crippen LogP contribution in [0.4, 0.5) is 0 Å². The lowest BCUT2D eigenvalue weighted by Gasteiger charge is -2.68. The van der Waals surface area contributed by atoms with Crippen molar-refractivity contribution in [2.45, 2.75) is 200 Å². The summed E-state index contributed by atoms with van der Waals surface area (Å²) in [6.07, 6.45) is -0.229. The molecule has 3 fully saturated rings. The van der Waals surface area contributed by atoms with E-state index in [9.17, 15) is 14.7 Å². The average Bonchev–Trinajstić information content (AvgIpc) is 3.77. The molecule has 2 bridgehead atoms. The van der Waals surface area contributed by atoms with Gasteiger partial charge in [0.1, 0.15) is 29.8 Å². The molecule has 3 aliphatic carbocycles. The minimum Gasteiger partial charge on any atom is -0.541 e. The number of ketones is 1. The zero-order valence-electron chi connectivity index (χ0n) is 38.7. The molecule has 9 atom stereocenters. The van der Waals surface area contributed by atoms with Crippen LogP contribution in [0.5, 0.6) is 0 Å². The minimum absolute atomic E-state index is 0.0378. The Bertz CT molecular complexity index is 1670. The van der Waals surface area contributed by atoms with E-state index in [-0.39, 0.29) is 42.5 Å². The smallest absolute Gasteiger partial charge is 0.341 e. The summed E-state index contributed by atoms with van der Waals surface area (Å²) < 4.78 is 47.4. The predicted octanol–water partition coefficient (Wildman–Crippen LogP) is 9.97. The Kier molecular flexibility index (Phi) is 14.3. The molecule has 1 saturated heterocycles. The van der Waals surface area contributed by atoms with Gasteiger partial charge in [0.2, 0.25) is 5.78 Å². The topological polar surface area (TPSA) is 140 Å². The number of aliphatic hydroxyl groups is 1. The Morgan fingerprint density at radius 1 is 0.847 bits per heavy atom. The number of furan rings is 1. The van der Waals surface area contributed by atoms with Crippen molar-refractivity contribution in [2.24, 2.45) is 22.7 Å². The van der Waals surface area contributed by atoms with Gasteiger partial charge in [0.25, 0.3) is 8.32 Å². The second kappa shape index (κ2) is 17.6. The Labute approximate surface area is 357 Å². The van der Waals surface area contributed by atoms with Crippen LogP contribution in [0, 0.1) is 22.7 Å². The van der Waals surface area contributed by atoms with E-state index in [2.05, 4.69) is 69.2 Å². The number of Topliss-reactive ketones (excluding diaryl/α,β-unsaturated/α-hetero) is 1. The Hall–Kier alpha value is -2.08. The van der Waals surface area contributed by atoms with Crippen molar-refractivity contribution in [1.29, 1.82) is 0 Å². The average molecular weight is 877 g/mol. The molecule has 11 nitrogen and oxygen atoms in total. The van der Waals surface area contributed by atoms with Crippen LogP contribution in [0.25, 0.3) is 0 Å². The van der Waals surface area contributed by atoms with Crippen molar-refractivity contribution >= 4 is 42.7 Å². The van der Waals surface area contributed by atoms with Crippen molar-refractivity contribution in [3.05, 3.63) is 35.5 Å². The van der Waals surface area contributed by atoms with E-state index in [1.807, 2.05) is 20.8 Å². The van der Waals surface area contributed by atoms with Crippen molar-refractivity contribution in [3.63, 3.8) is 0 Å². The van der Waals surface area contributed by atoms with E-state index in [4.69, 9.17) is 31.9 Å². The second-order valence-corrected chi connectivity index (χ2v) is 33.0. The van der Waals surface area contributed by atoms with E-state index < -0.39 is 89.3 Å². The minimum atomic E-state index is -2.60. The third-order valence-electron chi connectivity index (χ3n) is 16.6. The van der Waals surface area contributed by atoms with Gasteiger partial charge in [-0.2, -0.15) is 0 Å². The molecule has 1 unspecified atom stereocenters. The number of carbonyl (C=O) groups is 3. The molecule has 1 aromatic heterocycles. The second-order valence-electron chi connectivity index (χ2n) is 18.9.